The van der Waals surface area contributed by atoms with Gasteiger partial charge >= 0.3 is 0 Å². The van der Waals surface area contributed by atoms with Crippen LogP contribution in [0.3, 0.4) is 0 Å². The fourth-order valence-electron chi connectivity index (χ4n) is 3.86. The van der Waals surface area contributed by atoms with Crippen LogP contribution in [0.1, 0.15) is 60.7 Å². The molecule has 2 heterocycles. The molecule has 4 nitrogen and oxygen atoms in total. The molecular formula is C19H24FN3O. The SMILES string of the molecule is Cc1n[nH]c(C)c1C(C)CC(=O)N1CCCC1c1ccc(F)cc1. The van der Waals surface area contributed by atoms with Crippen LogP contribution in [0.5, 0.6) is 0 Å². The van der Waals surface area contributed by atoms with Gasteiger partial charge in [-0.15, -0.1) is 0 Å². The Hall–Kier alpha value is -2.17. The average Bonchev–Trinajstić information content (AvgIpc) is 3.15. The van der Waals surface area contributed by atoms with Crippen molar-refractivity contribution < 1.29 is 9.18 Å². The molecule has 1 aliphatic rings. The Labute approximate surface area is 142 Å². The lowest BCUT2D eigenvalue weighted by Crippen LogP contribution is -2.31. The molecule has 0 bridgehead atoms. The summed E-state index contributed by atoms with van der Waals surface area (Å²) in [6, 6.07) is 6.59. The molecule has 1 amide bonds. The van der Waals surface area contributed by atoms with Gasteiger partial charge < -0.3 is 4.90 Å². The lowest BCUT2D eigenvalue weighted by molar-refractivity contribution is -0.132. The number of benzene rings is 1. The molecule has 0 saturated carbocycles. The Bertz CT molecular complexity index is 703. The normalized spacial score (nSPS) is 18.8. The first-order valence-corrected chi connectivity index (χ1v) is 8.53. The maximum absolute atomic E-state index is 13.1. The lowest BCUT2D eigenvalue weighted by atomic mass is 9.95. The van der Waals surface area contributed by atoms with Gasteiger partial charge in [-0.1, -0.05) is 19.1 Å². The highest BCUT2D eigenvalue weighted by Gasteiger charge is 2.31. The van der Waals surface area contributed by atoms with Crippen LogP contribution in [-0.2, 0) is 4.79 Å². The summed E-state index contributed by atoms with van der Waals surface area (Å²) in [5.74, 6) is 0.0502. The number of carbonyl (C=O) groups excluding carboxylic acids is 1. The van der Waals surface area contributed by atoms with Crippen molar-refractivity contribution in [1.29, 1.82) is 0 Å². The lowest BCUT2D eigenvalue weighted by Gasteiger charge is -2.26. The molecule has 128 valence electrons. The van der Waals surface area contributed by atoms with Gasteiger partial charge in [-0.25, -0.2) is 4.39 Å². The van der Waals surface area contributed by atoms with Crippen molar-refractivity contribution in [3.05, 3.63) is 52.6 Å². The van der Waals surface area contributed by atoms with E-state index in [0.29, 0.717) is 6.42 Å². The van der Waals surface area contributed by atoms with Crippen LogP contribution in [0.4, 0.5) is 4.39 Å². The van der Waals surface area contributed by atoms with E-state index < -0.39 is 0 Å². The van der Waals surface area contributed by atoms with Gasteiger partial charge in [0.05, 0.1) is 11.7 Å². The van der Waals surface area contributed by atoms with Crippen molar-refractivity contribution in [2.75, 3.05) is 6.54 Å². The van der Waals surface area contributed by atoms with Crippen molar-refractivity contribution in [2.24, 2.45) is 0 Å². The predicted molar refractivity (Wildman–Crippen MR) is 91.2 cm³/mol. The molecule has 24 heavy (non-hydrogen) atoms. The molecule has 0 aliphatic carbocycles. The van der Waals surface area contributed by atoms with Crippen molar-refractivity contribution in [3.8, 4) is 0 Å². The Kier molecular flexibility index (Phi) is 4.69. The Morgan fingerprint density at radius 2 is 2.08 bits per heavy atom. The number of rotatable bonds is 4. The smallest absolute Gasteiger partial charge is 0.223 e. The number of aryl methyl sites for hydroxylation is 2. The second kappa shape index (κ2) is 6.75. The Morgan fingerprint density at radius 3 is 2.71 bits per heavy atom. The number of nitrogens with one attached hydrogen (secondary N) is 1. The summed E-state index contributed by atoms with van der Waals surface area (Å²) in [5, 5.41) is 7.22. The fraction of sp³-hybridized carbons (Fsp3) is 0.474. The highest BCUT2D eigenvalue weighted by Crippen LogP contribution is 2.34. The summed E-state index contributed by atoms with van der Waals surface area (Å²) < 4.78 is 13.1. The minimum Gasteiger partial charge on any atom is -0.336 e. The number of aromatic nitrogens is 2. The van der Waals surface area contributed by atoms with Crippen LogP contribution in [0.2, 0.25) is 0 Å². The minimum absolute atomic E-state index is 0.0665. The molecule has 5 heteroatoms. The van der Waals surface area contributed by atoms with Gasteiger partial charge in [-0.2, -0.15) is 5.10 Å². The second-order valence-corrected chi connectivity index (χ2v) is 6.75. The molecule has 1 N–H and O–H groups in total. The summed E-state index contributed by atoms with van der Waals surface area (Å²) in [6.45, 7) is 6.81. The number of amides is 1. The van der Waals surface area contributed by atoms with Crippen LogP contribution >= 0.6 is 0 Å². The van der Waals surface area contributed by atoms with E-state index in [1.54, 1.807) is 12.1 Å². The number of hydrogen-bond acceptors (Lipinski definition) is 2. The number of halogens is 1. The molecule has 1 aromatic heterocycles. The van der Waals surface area contributed by atoms with Gasteiger partial charge in [0.2, 0.25) is 5.91 Å². The Morgan fingerprint density at radius 1 is 1.38 bits per heavy atom. The standard InChI is InChI=1S/C19H24FN3O/c1-12(19-13(2)21-22-14(19)3)11-18(24)23-10-4-5-17(23)15-6-8-16(20)9-7-15/h6-9,12,17H,4-5,10-11H2,1-3H3,(H,21,22). The van der Waals surface area contributed by atoms with Gasteiger partial charge in [0.1, 0.15) is 5.82 Å². The number of H-pyrrole nitrogens is 1. The van der Waals surface area contributed by atoms with Gasteiger partial charge in [-0.3, -0.25) is 9.89 Å². The largest absolute Gasteiger partial charge is 0.336 e. The van der Waals surface area contributed by atoms with Crippen molar-refractivity contribution in [2.45, 2.75) is 52.0 Å². The Balaban J connectivity index is 1.73. The van der Waals surface area contributed by atoms with Crippen molar-refractivity contribution in [3.63, 3.8) is 0 Å². The number of nitrogens with zero attached hydrogens (tertiary/aromatic N) is 2. The summed E-state index contributed by atoms with van der Waals surface area (Å²) in [4.78, 5) is 14.8. The van der Waals surface area contributed by atoms with Crippen LogP contribution in [0.25, 0.3) is 0 Å². The number of likely N-dealkylation sites (tertiary alicyclic amines) is 1. The monoisotopic (exact) mass is 329 g/mol. The van der Waals surface area contributed by atoms with E-state index in [9.17, 15) is 9.18 Å². The van der Waals surface area contributed by atoms with Crippen molar-refractivity contribution >= 4 is 5.91 Å². The first-order chi connectivity index (χ1) is 11.5. The quantitative estimate of drug-likeness (QED) is 0.921. The number of carbonyl (C=O) groups is 1. The molecule has 0 spiro atoms. The topological polar surface area (TPSA) is 49.0 Å². The predicted octanol–water partition coefficient (Wildman–Crippen LogP) is 4.02. The number of hydrogen-bond donors (Lipinski definition) is 1. The minimum atomic E-state index is -0.242. The average molecular weight is 329 g/mol. The van der Waals surface area contributed by atoms with Crippen molar-refractivity contribution in [1.82, 2.24) is 15.1 Å². The molecule has 1 aromatic carbocycles. The second-order valence-electron chi connectivity index (χ2n) is 6.75. The molecule has 1 fully saturated rings. The molecule has 0 radical (unpaired) electrons. The molecule has 2 aromatic rings. The van der Waals surface area contributed by atoms with Crippen LogP contribution in [0, 0.1) is 19.7 Å². The summed E-state index contributed by atoms with van der Waals surface area (Å²) >= 11 is 0. The molecule has 2 atom stereocenters. The summed E-state index contributed by atoms with van der Waals surface area (Å²) in [6.07, 6.45) is 2.40. The van der Waals surface area contributed by atoms with Gasteiger partial charge in [-0.05, 0) is 55.9 Å². The first-order valence-electron chi connectivity index (χ1n) is 8.53. The number of aromatic amines is 1. The summed E-state index contributed by atoms with van der Waals surface area (Å²) in [7, 11) is 0. The van der Waals surface area contributed by atoms with E-state index in [4.69, 9.17) is 0 Å². The van der Waals surface area contributed by atoms with Crippen LogP contribution in [-0.4, -0.2) is 27.5 Å². The van der Waals surface area contributed by atoms with E-state index >= 15 is 0 Å². The molecule has 1 saturated heterocycles. The summed E-state index contributed by atoms with van der Waals surface area (Å²) in [5.41, 5.74) is 4.15. The van der Waals surface area contributed by atoms with Gasteiger partial charge in [0.25, 0.3) is 0 Å². The van der Waals surface area contributed by atoms with E-state index in [-0.39, 0.29) is 23.7 Å². The zero-order valence-corrected chi connectivity index (χ0v) is 14.5. The van der Waals surface area contributed by atoms with Gasteiger partial charge in [0.15, 0.2) is 0 Å². The first kappa shape index (κ1) is 16.7. The van der Waals surface area contributed by atoms with E-state index in [1.807, 2.05) is 18.7 Å². The van der Waals surface area contributed by atoms with E-state index in [0.717, 1.165) is 41.9 Å². The third-order valence-corrected chi connectivity index (χ3v) is 4.99. The fourth-order valence-corrected chi connectivity index (χ4v) is 3.86. The zero-order chi connectivity index (χ0) is 17.3. The third-order valence-electron chi connectivity index (χ3n) is 4.99. The highest BCUT2D eigenvalue weighted by atomic mass is 19.1. The zero-order valence-electron chi connectivity index (χ0n) is 14.5. The maximum atomic E-state index is 13.1. The molecule has 1 aliphatic heterocycles. The van der Waals surface area contributed by atoms with Crippen LogP contribution in [0.15, 0.2) is 24.3 Å². The van der Waals surface area contributed by atoms with Gasteiger partial charge in [0, 0.05) is 18.7 Å². The highest BCUT2D eigenvalue weighted by molar-refractivity contribution is 5.78. The molecule has 2 unspecified atom stereocenters. The molecule has 3 rings (SSSR count). The third kappa shape index (κ3) is 3.21. The maximum Gasteiger partial charge on any atom is 0.223 e. The van der Waals surface area contributed by atoms with E-state index in [2.05, 4.69) is 17.1 Å². The molecular weight excluding hydrogens is 305 g/mol. The van der Waals surface area contributed by atoms with Crippen LogP contribution < -0.4 is 0 Å². The van der Waals surface area contributed by atoms with E-state index in [1.165, 1.54) is 12.1 Å².